The third-order valence-corrected chi connectivity index (χ3v) is 6.87. The van der Waals surface area contributed by atoms with Gasteiger partial charge >= 0.3 is 5.97 Å². The molecule has 2 aliphatic rings. The van der Waals surface area contributed by atoms with Gasteiger partial charge < -0.3 is 14.2 Å². The van der Waals surface area contributed by atoms with Crippen LogP contribution in [0.4, 0.5) is 0 Å². The molecule has 2 aromatic carbocycles. The Morgan fingerprint density at radius 3 is 2.46 bits per heavy atom. The fourth-order valence-corrected chi connectivity index (χ4v) is 5.22. The average Bonchev–Trinajstić information content (AvgIpc) is 2.85. The topological polar surface area (TPSA) is 74.2 Å². The molecule has 3 atom stereocenters. The van der Waals surface area contributed by atoms with Gasteiger partial charge in [0.25, 0.3) is 0 Å². The van der Waals surface area contributed by atoms with Crippen molar-refractivity contribution in [3.63, 3.8) is 0 Å². The van der Waals surface area contributed by atoms with E-state index in [0.717, 1.165) is 28.8 Å². The SMILES string of the molecule is CCCOC(=O)C1C(C)=NC2=C(C(=O)CC(c3ccc(OC)c(OC)c3)C2)C1c1cccc(C)c1. The predicted molar refractivity (Wildman–Crippen MR) is 135 cm³/mol. The Balaban J connectivity index is 1.76. The first-order chi connectivity index (χ1) is 16.9. The minimum Gasteiger partial charge on any atom is -0.493 e. The Morgan fingerprint density at radius 2 is 1.77 bits per heavy atom. The normalized spacial score (nSPS) is 21.8. The summed E-state index contributed by atoms with van der Waals surface area (Å²) in [5.41, 5.74) is 5.14. The van der Waals surface area contributed by atoms with Crippen LogP contribution in [-0.4, -0.2) is 38.3 Å². The number of methoxy groups -OCH3 is 2. The van der Waals surface area contributed by atoms with Crippen LogP contribution in [0.3, 0.4) is 0 Å². The molecular weight excluding hydrogens is 442 g/mol. The standard InChI is InChI=1S/C29H33NO5/c1-6-12-35-29(32)26-18(3)30-22-14-21(19-10-11-24(33-4)25(16-19)34-5)15-23(31)28(22)27(26)20-9-7-8-17(2)13-20/h7-11,13,16,21,26-27H,6,12,14-15H2,1-5H3. The van der Waals surface area contributed by atoms with Crippen molar-refractivity contribution in [2.75, 3.05) is 20.8 Å². The lowest BCUT2D eigenvalue weighted by molar-refractivity contribution is -0.146. The number of hydrogen-bond donors (Lipinski definition) is 0. The summed E-state index contributed by atoms with van der Waals surface area (Å²) in [5.74, 6) is -0.0357. The lowest BCUT2D eigenvalue weighted by Gasteiger charge is -2.36. The Kier molecular flexibility index (Phi) is 7.39. The highest BCUT2D eigenvalue weighted by Gasteiger charge is 2.44. The van der Waals surface area contributed by atoms with Crippen molar-refractivity contribution in [2.45, 2.75) is 51.9 Å². The van der Waals surface area contributed by atoms with Crippen LogP contribution in [0.15, 0.2) is 58.7 Å². The molecule has 0 saturated carbocycles. The quantitative estimate of drug-likeness (QED) is 0.492. The number of aliphatic imine (C=N–C) groups is 1. The minimum atomic E-state index is -0.608. The number of carbonyl (C=O) groups is 2. The van der Waals surface area contributed by atoms with Crippen molar-refractivity contribution in [3.8, 4) is 11.5 Å². The second-order valence-corrected chi connectivity index (χ2v) is 9.29. The van der Waals surface area contributed by atoms with Crippen LogP contribution < -0.4 is 9.47 Å². The summed E-state index contributed by atoms with van der Waals surface area (Å²) in [7, 11) is 3.21. The van der Waals surface area contributed by atoms with Gasteiger partial charge in [0.15, 0.2) is 17.3 Å². The van der Waals surface area contributed by atoms with Crippen molar-refractivity contribution in [1.29, 1.82) is 0 Å². The van der Waals surface area contributed by atoms with Crippen LogP contribution in [0.1, 0.15) is 61.6 Å². The maximum atomic E-state index is 13.7. The first-order valence-electron chi connectivity index (χ1n) is 12.1. The summed E-state index contributed by atoms with van der Waals surface area (Å²) in [6.45, 7) is 6.20. The Morgan fingerprint density at radius 1 is 1.00 bits per heavy atom. The number of allylic oxidation sites excluding steroid dienone is 2. The number of nitrogens with zero attached hydrogens (tertiary/aromatic N) is 1. The first kappa shape index (κ1) is 24.7. The number of hydrogen-bond acceptors (Lipinski definition) is 6. The molecule has 1 heterocycles. The number of esters is 1. The van der Waals surface area contributed by atoms with Gasteiger partial charge in [0.2, 0.25) is 0 Å². The second kappa shape index (κ2) is 10.5. The summed E-state index contributed by atoms with van der Waals surface area (Å²) in [6.07, 6.45) is 1.71. The van der Waals surface area contributed by atoms with Crippen LogP contribution in [-0.2, 0) is 14.3 Å². The summed E-state index contributed by atoms with van der Waals surface area (Å²) in [5, 5.41) is 0. The van der Waals surface area contributed by atoms with Crippen molar-refractivity contribution in [2.24, 2.45) is 10.9 Å². The molecule has 3 unspecified atom stereocenters. The molecule has 35 heavy (non-hydrogen) atoms. The predicted octanol–water partition coefficient (Wildman–Crippen LogP) is 5.54. The summed E-state index contributed by atoms with van der Waals surface area (Å²) in [6, 6.07) is 13.8. The van der Waals surface area contributed by atoms with Gasteiger partial charge in [0, 0.05) is 29.3 Å². The molecule has 0 amide bonds. The fraction of sp³-hybridized carbons (Fsp3) is 0.414. The maximum Gasteiger partial charge on any atom is 0.315 e. The molecule has 4 rings (SSSR count). The second-order valence-electron chi connectivity index (χ2n) is 9.29. The molecule has 0 N–H and O–H groups in total. The number of ketones is 1. The van der Waals surface area contributed by atoms with Crippen LogP contribution in [0.25, 0.3) is 0 Å². The highest BCUT2D eigenvalue weighted by molar-refractivity contribution is 6.09. The van der Waals surface area contributed by atoms with Gasteiger partial charge in [0.05, 0.1) is 20.8 Å². The van der Waals surface area contributed by atoms with E-state index in [9.17, 15) is 9.59 Å². The highest BCUT2D eigenvalue weighted by atomic mass is 16.5. The Bertz CT molecular complexity index is 1200. The summed E-state index contributed by atoms with van der Waals surface area (Å²) < 4.78 is 16.4. The summed E-state index contributed by atoms with van der Waals surface area (Å²) in [4.78, 5) is 31.7. The number of aryl methyl sites for hydroxylation is 1. The molecule has 0 saturated heterocycles. The van der Waals surface area contributed by atoms with E-state index < -0.39 is 11.8 Å². The smallest absolute Gasteiger partial charge is 0.315 e. The number of carbonyl (C=O) groups excluding carboxylic acids is 2. The van der Waals surface area contributed by atoms with Gasteiger partial charge in [-0.25, -0.2) is 0 Å². The van der Waals surface area contributed by atoms with Gasteiger partial charge in [-0.3, -0.25) is 14.6 Å². The molecule has 2 aromatic rings. The van der Waals surface area contributed by atoms with Gasteiger partial charge in [-0.15, -0.1) is 0 Å². The lowest BCUT2D eigenvalue weighted by Crippen LogP contribution is -2.38. The monoisotopic (exact) mass is 475 g/mol. The molecule has 1 aliphatic heterocycles. The van der Waals surface area contributed by atoms with E-state index >= 15 is 0 Å². The molecule has 0 bridgehead atoms. The van der Waals surface area contributed by atoms with Crippen molar-refractivity contribution >= 4 is 17.5 Å². The third kappa shape index (κ3) is 4.88. The molecule has 0 spiro atoms. The molecule has 0 aromatic heterocycles. The lowest BCUT2D eigenvalue weighted by atomic mass is 9.69. The van der Waals surface area contributed by atoms with Crippen LogP contribution in [0.5, 0.6) is 11.5 Å². The molecule has 0 fully saturated rings. The van der Waals surface area contributed by atoms with Gasteiger partial charge in [-0.05, 0) is 55.9 Å². The number of ether oxygens (including phenoxy) is 3. The zero-order valence-corrected chi connectivity index (χ0v) is 21.1. The fourth-order valence-electron chi connectivity index (χ4n) is 5.22. The van der Waals surface area contributed by atoms with E-state index in [1.54, 1.807) is 14.2 Å². The Labute approximate surface area is 207 Å². The molecule has 6 nitrogen and oxygen atoms in total. The Hall–Kier alpha value is -3.41. The summed E-state index contributed by atoms with van der Waals surface area (Å²) >= 11 is 0. The van der Waals surface area contributed by atoms with E-state index in [0.29, 0.717) is 42.2 Å². The van der Waals surface area contributed by atoms with Crippen molar-refractivity contribution in [3.05, 3.63) is 70.4 Å². The number of Topliss-reactive ketones (excluding diaryl/α,β-unsaturated/α-hetero) is 1. The van der Waals surface area contributed by atoms with Gasteiger partial charge in [-0.2, -0.15) is 0 Å². The van der Waals surface area contributed by atoms with Crippen molar-refractivity contribution in [1.82, 2.24) is 0 Å². The van der Waals surface area contributed by atoms with Crippen LogP contribution in [0, 0.1) is 12.8 Å². The molecule has 184 valence electrons. The molecule has 1 aliphatic carbocycles. The van der Waals surface area contributed by atoms with Crippen molar-refractivity contribution < 1.29 is 23.8 Å². The van der Waals surface area contributed by atoms with E-state index in [2.05, 4.69) is 6.07 Å². The first-order valence-corrected chi connectivity index (χ1v) is 12.1. The number of rotatable bonds is 7. The highest BCUT2D eigenvalue weighted by Crippen LogP contribution is 2.47. The van der Waals surface area contributed by atoms with E-state index in [1.807, 2.05) is 57.2 Å². The van der Waals surface area contributed by atoms with E-state index in [4.69, 9.17) is 19.2 Å². The minimum absolute atomic E-state index is 0.0284. The maximum absolute atomic E-state index is 13.7. The largest absolute Gasteiger partial charge is 0.493 e. The van der Waals surface area contributed by atoms with Crippen LogP contribution >= 0.6 is 0 Å². The molecule has 6 heteroatoms. The molecular formula is C29H33NO5. The van der Waals surface area contributed by atoms with Crippen LogP contribution in [0.2, 0.25) is 0 Å². The third-order valence-electron chi connectivity index (χ3n) is 6.87. The van der Waals surface area contributed by atoms with E-state index in [-0.39, 0.29) is 17.7 Å². The van der Waals surface area contributed by atoms with Gasteiger partial charge in [0.1, 0.15) is 5.92 Å². The van der Waals surface area contributed by atoms with E-state index in [1.165, 1.54) is 0 Å². The zero-order valence-electron chi connectivity index (χ0n) is 21.1. The number of benzene rings is 2. The average molecular weight is 476 g/mol. The van der Waals surface area contributed by atoms with Gasteiger partial charge in [-0.1, -0.05) is 42.8 Å². The zero-order chi connectivity index (χ0) is 25.1. The molecule has 0 radical (unpaired) electrons.